The predicted octanol–water partition coefficient (Wildman–Crippen LogP) is 17.0. The molecule has 0 atom stereocenters. The van der Waals surface area contributed by atoms with Crippen molar-refractivity contribution in [3.05, 3.63) is 291 Å². The van der Waals surface area contributed by atoms with Crippen LogP contribution in [0.25, 0.3) is 19.5 Å². The third kappa shape index (κ3) is 6.54. The van der Waals surface area contributed by atoms with Gasteiger partial charge in [0.15, 0.2) is 0 Å². The Balaban J connectivity index is 0.000000136. The molecule has 78 heavy (non-hydrogen) atoms. The topological polar surface area (TPSA) is 87.7 Å². The van der Waals surface area contributed by atoms with Crippen LogP contribution in [0.4, 0.5) is 34.3 Å². The van der Waals surface area contributed by atoms with Crippen LogP contribution in [0.15, 0.2) is 266 Å². The van der Waals surface area contributed by atoms with Crippen molar-refractivity contribution in [1.82, 2.24) is 4.98 Å². The first-order valence-electron chi connectivity index (χ1n) is 25.2. The molecule has 7 aromatic carbocycles. The second kappa shape index (κ2) is 17.8. The number of benzene rings is 7. The van der Waals surface area contributed by atoms with E-state index in [0.29, 0.717) is 4.90 Å². The van der Waals surface area contributed by atoms with Crippen molar-refractivity contribution < 1.29 is 16.8 Å². The molecule has 2 aliphatic carbocycles. The molecule has 0 saturated heterocycles. The molecule has 0 N–H and O–H groups in total. The van der Waals surface area contributed by atoms with Crippen molar-refractivity contribution in [1.29, 1.82) is 0 Å². The summed E-state index contributed by atoms with van der Waals surface area (Å²) in [7, 11) is -7.21. The highest BCUT2D eigenvalue weighted by Crippen LogP contribution is 2.67. The monoisotopic (exact) mass is 1120 g/mol. The van der Waals surface area contributed by atoms with E-state index in [0.717, 1.165) is 39.8 Å². The summed E-state index contributed by atoms with van der Waals surface area (Å²) in [5, 5.41) is 8.79. The van der Waals surface area contributed by atoms with Crippen LogP contribution in [-0.4, -0.2) is 21.8 Å². The van der Waals surface area contributed by atoms with Crippen LogP contribution in [0.3, 0.4) is 0 Å². The number of para-hydroxylation sites is 3. The summed E-state index contributed by atoms with van der Waals surface area (Å²) in [5.74, 6) is 0.853. The Morgan fingerprint density at radius 1 is 0.308 bits per heavy atom. The number of aromatic nitrogens is 1. The third-order valence-corrected chi connectivity index (χ3v) is 23.2. The molecule has 2 spiro atoms. The molecule has 0 unspecified atom stereocenters. The van der Waals surface area contributed by atoms with Crippen LogP contribution in [-0.2, 0) is 30.5 Å². The van der Waals surface area contributed by atoms with E-state index in [1.165, 1.54) is 58.5 Å². The lowest BCUT2D eigenvalue weighted by Crippen LogP contribution is -2.36. The Labute approximate surface area is 467 Å². The lowest BCUT2D eigenvalue weighted by Gasteiger charge is -2.44. The second-order valence-electron chi connectivity index (χ2n) is 19.4. The van der Waals surface area contributed by atoms with Crippen LogP contribution in [0.2, 0.25) is 0 Å². The molecule has 376 valence electrons. The van der Waals surface area contributed by atoms with Crippen LogP contribution in [0.5, 0.6) is 0 Å². The molecule has 7 heterocycles. The molecule has 0 bridgehead atoms. The first kappa shape index (κ1) is 47.2. The van der Waals surface area contributed by atoms with Crippen LogP contribution in [0.1, 0.15) is 44.5 Å². The standard InChI is InChI=1S/C33H21NO2S3.C32H20N2O2S3/c35-39(36,23-8-2-1-3-9-23)24-16-14-22(15-17-24)34-29-12-6-4-10-25(29)33(26-11-5-7-13-30(26)34)27-18-20-37-31(27)32-28(33)19-21-38-32;35-39(36,22-7-2-1-3-8-22)23-14-12-21(13-15-23)34-28-11-5-4-9-24(28)32(27-10-6-18-33-31(27)34)25-16-19-37-29(25)30-26(32)17-20-38-30/h1-21H;1-20H. The first-order valence-corrected chi connectivity index (χ1v) is 31.7. The SMILES string of the molecule is O=S(=O)(c1ccccc1)c1ccc(N2c3ccccc3C3(c4ccccc42)c2ccsc2-c2sccc23)cc1.O=S(=O)(c1ccccc1)c1ccc(N2c3ccccc3C3(c4cccnc42)c2ccsc2-c2sccc23)cc1. The lowest BCUT2D eigenvalue weighted by atomic mass is 9.65. The molecular formula is C65H41N3O4S6. The number of pyridine rings is 1. The summed E-state index contributed by atoms with van der Waals surface area (Å²) in [6, 6.07) is 70.7. The van der Waals surface area contributed by atoms with Crippen molar-refractivity contribution in [3.63, 3.8) is 0 Å². The maximum absolute atomic E-state index is 13.3. The van der Waals surface area contributed by atoms with E-state index < -0.39 is 25.1 Å². The molecule has 0 radical (unpaired) electrons. The number of hydrogen-bond donors (Lipinski definition) is 0. The van der Waals surface area contributed by atoms with Crippen LogP contribution >= 0.6 is 45.3 Å². The van der Waals surface area contributed by atoms with Gasteiger partial charge in [-0.2, -0.15) is 0 Å². The van der Waals surface area contributed by atoms with E-state index in [2.05, 4.69) is 134 Å². The molecule has 13 heteroatoms. The first-order chi connectivity index (χ1) is 38.2. The van der Waals surface area contributed by atoms with Crippen molar-refractivity contribution in [3.8, 4) is 19.5 Å². The molecule has 12 aromatic rings. The number of sulfone groups is 2. The average molecular weight is 1120 g/mol. The quantitative estimate of drug-likeness (QED) is 0.164. The smallest absolute Gasteiger partial charge is 0.206 e. The molecule has 5 aromatic heterocycles. The van der Waals surface area contributed by atoms with E-state index in [1.807, 2.05) is 71.3 Å². The Hall–Kier alpha value is -8.01. The van der Waals surface area contributed by atoms with Crippen LogP contribution < -0.4 is 9.80 Å². The van der Waals surface area contributed by atoms with Crippen molar-refractivity contribution in [2.45, 2.75) is 30.4 Å². The molecule has 4 aliphatic rings. The number of anilines is 6. The fourth-order valence-electron chi connectivity index (χ4n) is 12.5. The second-order valence-corrected chi connectivity index (χ2v) is 26.9. The summed E-state index contributed by atoms with van der Waals surface area (Å²) >= 11 is 7.22. The van der Waals surface area contributed by atoms with Gasteiger partial charge >= 0.3 is 0 Å². The van der Waals surface area contributed by atoms with Gasteiger partial charge in [-0.25, -0.2) is 21.8 Å². The largest absolute Gasteiger partial charge is 0.310 e. The number of fused-ring (bicyclic) bond motifs is 18. The molecule has 0 fully saturated rings. The minimum absolute atomic E-state index is 0.266. The van der Waals surface area contributed by atoms with Gasteiger partial charge in [0.1, 0.15) is 5.82 Å². The van der Waals surface area contributed by atoms with Crippen LogP contribution in [0, 0.1) is 0 Å². The Morgan fingerprint density at radius 2 is 0.628 bits per heavy atom. The maximum atomic E-state index is 13.3. The van der Waals surface area contributed by atoms with E-state index in [-0.39, 0.29) is 20.1 Å². The fourth-order valence-corrected chi connectivity index (χ4v) is 19.3. The number of rotatable bonds is 6. The van der Waals surface area contributed by atoms with Gasteiger partial charge in [-0.3, -0.25) is 4.90 Å². The summed E-state index contributed by atoms with van der Waals surface area (Å²) < 4.78 is 53.0. The van der Waals surface area contributed by atoms with Gasteiger partial charge in [-0.1, -0.05) is 97.1 Å². The molecule has 7 nitrogen and oxygen atoms in total. The Bertz CT molecular complexity index is 4090. The van der Waals surface area contributed by atoms with Gasteiger partial charge in [0, 0.05) is 42.6 Å². The summed E-state index contributed by atoms with van der Waals surface area (Å²) in [6.45, 7) is 0. The molecule has 0 saturated carbocycles. The average Bonchev–Trinajstić information content (AvgIpc) is 4.51. The highest BCUT2D eigenvalue weighted by Gasteiger charge is 2.55. The van der Waals surface area contributed by atoms with Gasteiger partial charge in [0.25, 0.3) is 0 Å². The molecule has 0 amide bonds. The van der Waals surface area contributed by atoms with Gasteiger partial charge in [-0.15, -0.1) is 45.3 Å². The zero-order valence-corrected chi connectivity index (χ0v) is 46.0. The summed E-state index contributed by atoms with van der Waals surface area (Å²) in [6.07, 6.45) is 1.83. The van der Waals surface area contributed by atoms with E-state index in [4.69, 9.17) is 4.98 Å². The van der Waals surface area contributed by atoms with Crippen molar-refractivity contribution >= 4 is 99.3 Å². The third-order valence-electron chi connectivity index (χ3n) is 15.7. The Morgan fingerprint density at radius 3 is 1.04 bits per heavy atom. The lowest BCUT2D eigenvalue weighted by molar-refractivity contribution is 0.594. The minimum atomic E-state index is -3.61. The summed E-state index contributed by atoms with van der Waals surface area (Å²) in [4.78, 5) is 15.9. The van der Waals surface area contributed by atoms with Gasteiger partial charge < -0.3 is 4.90 Å². The zero-order valence-electron chi connectivity index (χ0n) is 41.1. The fraction of sp³-hybridized carbons (Fsp3) is 0.0308. The normalized spacial score (nSPS) is 14.5. The molecular weight excluding hydrogens is 1080 g/mol. The van der Waals surface area contributed by atoms with E-state index >= 15 is 0 Å². The number of hydrogen-bond acceptors (Lipinski definition) is 11. The maximum Gasteiger partial charge on any atom is 0.206 e. The highest BCUT2D eigenvalue weighted by molar-refractivity contribution is 7.91. The van der Waals surface area contributed by atoms with Crippen molar-refractivity contribution in [2.75, 3.05) is 9.80 Å². The summed E-state index contributed by atoms with van der Waals surface area (Å²) in [5.41, 5.74) is 14.3. The van der Waals surface area contributed by atoms with E-state index in [9.17, 15) is 16.8 Å². The zero-order chi connectivity index (χ0) is 52.4. The Kier molecular flexibility index (Phi) is 10.8. The minimum Gasteiger partial charge on any atom is -0.310 e. The van der Waals surface area contributed by atoms with Gasteiger partial charge in [0.2, 0.25) is 19.7 Å². The van der Waals surface area contributed by atoms with E-state index in [1.54, 1.807) is 95.5 Å². The molecule has 16 rings (SSSR count). The highest BCUT2D eigenvalue weighted by atomic mass is 32.2. The van der Waals surface area contributed by atoms with Gasteiger partial charge in [0.05, 0.1) is 47.5 Å². The number of thiophene rings is 4. The van der Waals surface area contributed by atoms with Crippen molar-refractivity contribution in [2.24, 2.45) is 0 Å². The predicted molar refractivity (Wildman–Crippen MR) is 317 cm³/mol. The van der Waals surface area contributed by atoms with Gasteiger partial charge in [-0.05, 0) is 182 Å². The number of nitrogens with zero attached hydrogens (tertiary/aromatic N) is 3. The molecule has 2 aliphatic heterocycles.